The van der Waals surface area contributed by atoms with Gasteiger partial charge in [0.1, 0.15) is 23.1 Å². The number of amides is 3. The largest absolute Gasteiger partial charge is 0.421 e. The van der Waals surface area contributed by atoms with E-state index in [0.29, 0.717) is 36.5 Å². The second-order valence-corrected chi connectivity index (χ2v) is 18.9. The number of carbonyl (C=O) groups is 3. The highest BCUT2D eigenvalue weighted by atomic mass is 79.9. The van der Waals surface area contributed by atoms with Crippen molar-refractivity contribution in [3.8, 4) is 0 Å². The van der Waals surface area contributed by atoms with E-state index in [-0.39, 0.29) is 42.2 Å². The lowest BCUT2D eigenvalue weighted by molar-refractivity contribution is -0.138. The first kappa shape index (κ1) is 44.2. The molecule has 0 aliphatic carbocycles. The fourth-order valence-electron chi connectivity index (χ4n) is 8.59. The zero-order valence-corrected chi connectivity index (χ0v) is 36.9. The second kappa shape index (κ2) is 18.0. The van der Waals surface area contributed by atoms with Gasteiger partial charge in [0.25, 0.3) is 5.91 Å². The van der Waals surface area contributed by atoms with Gasteiger partial charge in [0.05, 0.1) is 18.4 Å². The number of aromatic nitrogens is 4. The molecule has 0 radical (unpaired) electrons. The number of anilines is 5. The molecule has 4 aliphatic heterocycles. The summed E-state index contributed by atoms with van der Waals surface area (Å²) in [6, 6.07) is 11.4. The number of halogens is 4. The number of alkyl halides is 3. The smallest absolute Gasteiger partial charge is 0.371 e. The van der Waals surface area contributed by atoms with Crippen molar-refractivity contribution in [2.24, 2.45) is 0 Å². The number of piperazine rings is 1. The Morgan fingerprint density at radius 2 is 1.67 bits per heavy atom. The Balaban J connectivity index is 0.820. The highest BCUT2D eigenvalue weighted by Gasteiger charge is 2.40. The summed E-state index contributed by atoms with van der Waals surface area (Å²) in [5, 5.41) is 7.99. The number of benzene rings is 2. The van der Waals surface area contributed by atoms with Crippen LogP contribution >= 0.6 is 15.9 Å². The van der Waals surface area contributed by atoms with Gasteiger partial charge in [-0.3, -0.25) is 38.8 Å². The third-order valence-corrected chi connectivity index (χ3v) is 13.8. The number of imide groups is 1. The molecule has 6 heterocycles. The molecule has 1 unspecified atom stereocenters. The Labute approximate surface area is 370 Å². The maximum Gasteiger partial charge on any atom is 0.421 e. The van der Waals surface area contributed by atoms with Crippen LogP contribution < -0.4 is 25.2 Å². The van der Waals surface area contributed by atoms with E-state index >= 15 is 0 Å². The molecule has 3 amide bonds. The third kappa shape index (κ3) is 9.87. The molecule has 1 atom stereocenters. The molecule has 17 nitrogen and oxygen atoms in total. The molecule has 4 aromatic rings. The predicted octanol–water partition coefficient (Wildman–Crippen LogP) is 4.35. The fraction of sp³-hybridized carbons (Fsp3) is 0.439. The van der Waals surface area contributed by atoms with Gasteiger partial charge in [0, 0.05) is 106 Å². The van der Waals surface area contributed by atoms with E-state index in [1.165, 1.54) is 19.4 Å². The summed E-state index contributed by atoms with van der Waals surface area (Å²) in [5.41, 5.74) is 3.19. The highest BCUT2D eigenvalue weighted by Crippen LogP contribution is 2.36. The number of hydrogen-bond acceptors (Lipinski definition) is 14. The van der Waals surface area contributed by atoms with Crippen molar-refractivity contribution >= 4 is 72.6 Å². The van der Waals surface area contributed by atoms with Crippen molar-refractivity contribution in [1.82, 2.24) is 40.0 Å². The van der Waals surface area contributed by atoms with Crippen molar-refractivity contribution in [2.75, 3.05) is 72.4 Å². The average molecular weight is 956 g/mol. The maximum absolute atomic E-state index is 14.0. The van der Waals surface area contributed by atoms with Gasteiger partial charge in [-0.05, 0) is 76.7 Å². The minimum Gasteiger partial charge on any atom is -0.371 e. The van der Waals surface area contributed by atoms with Gasteiger partial charge >= 0.3 is 6.18 Å². The monoisotopic (exact) mass is 954 g/mol. The molecular formula is C41H46BrF3N12O5S. The van der Waals surface area contributed by atoms with Crippen LogP contribution in [0, 0.1) is 0 Å². The first-order valence-corrected chi connectivity index (χ1v) is 23.1. The minimum atomic E-state index is -4.77. The lowest BCUT2D eigenvalue weighted by Crippen LogP contribution is -2.53. The van der Waals surface area contributed by atoms with Crippen LogP contribution in [0.25, 0.3) is 0 Å². The van der Waals surface area contributed by atoms with Crippen LogP contribution in [0.5, 0.6) is 0 Å². The number of carbonyl (C=O) groups excluding carboxylic acids is 3. The number of piperidine rings is 2. The molecule has 8 rings (SSSR count). The summed E-state index contributed by atoms with van der Waals surface area (Å²) < 4.78 is 67.7. The number of nitrogens with zero attached hydrogens (tertiary/aromatic N) is 9. The van der Waals surface area contributed by atoms with E-state index in [2.05, 4.69) is 72.6 Å². The van der Waals surface area contributed by atoms with Gasteiger partial charge in [0.2, 0.25) is 27.8 Å². The van der Waals surface area contributed by atoms with E-state index in [0.717, 1.165) is 90.5 Å². The van der Waals surface area contributed by atoms with Crippen LogP contribution in [-0.2, 0) is 45.4 Å². The van der Waals surface area contributed by atoms with Gasteiger partial charge in [0.15, 0.2) is 5.82 Å². The van der Waals surface area contributed by atoms with Crippen molar-refractivity contribution in [1.29, 1.82) is 0 Å². The number of sulfonamides is 1. The first-order valence-electron chi connectivity index (χ1n) is 20.5. The SMILES string of the molecule is CN(c1nccnc1CNc1nc(Nc2ccc(N3CCC(N4CCN(Cc5cc(Br)c6c(c5)CN(C5CCC(=O)NC5=O)C6=O)CC4)CC3)cc2)ncc1C(F)(F)F)S(C)(=O)=O. The molecule has 0 spiro atoms. The van der Waals surface area contributed by atoms with Crippen LogP contribution in [0.1, 0.15) is 58.4 Å². The minimum absolute atomic E-state index is 0.0287. The topological polar surface area (TPSA) is 189 Å². The Bertz CT molecular complexity index is 2500. The summed E-state index contributed by atoms with van der Waals surface area (Å²) in [7, 11) is -2.43. The van der Waals surface area contributed by atoms with Crippen LogP contribution in [0.4, 0.5) is 42.1 Å². The maximum atomic E-state index is 14.0. The van der Waals surface area contributed by atoms with E-state index in [9.17, 15) is 36.0 Å². The Kier molecular flexibility index (Phi) is 12.6. The number of rotatable bonds is 12. The summed E-state index contributed by atoms with van der Waals surface area (Å²) in [6.07, 6.45) is 2.06. The van der Waals surface area contributed by atoms with Crippen LogP contribution in [0.15, 0.2) is 59.5 Å². The zero-order valence-electron chi connectivity index (χ0n) is 34.5. The second-order valence-electron chi connectivity index (χ2n) is 16.1. The standard InChI is InChI=1S/C41H46BrF3N12O5S/c1-53(63(2,61)62)37-32(46-11-12-47-37)22-48-36-30(41(43,44)45)21-49-40(52-36)50-27-3-5-28(6-4-27)55-13-9-29(10-14-55)56-17-15-54(16-18-56)23-25-19-26-24-57(39(60)35(26)31(42)20-25)33-7-8-34(58)51-38(33)59/h3-6,11-12,19-21,29,33H,7-10,13-18,22-24H2,1-2H3,(H,51,58,59)(H2,48,49,50,52). The van der Waals surface area contributed by atoms with E-state index in [1.54, 1.807) is 4.90 Å². The Hall–Kier alpha value is -5.45. The van der Waals surface area contributed by atoms with Crippen molar-refractivity contribution in [3.63, 3.8) is 0 Å². The van der Waals surface area contributed by atoms with Crippen LogP contribution in [0.3, 0.4) is 0 Å². The lowest BCUT2D eigenvalue weighted by Gasteiger charge is -2.43. The number of nitrogens with one attached hydrogen (secondary N) is 3. The summed E-state index contributed by atoms with van der Waals surface area (Å²) >= 11 is 3.62. The van der Waals surface area contributed by atoms with E-state index in [1.807, 2.05) is 30.3 Å². The van der Waals surface area contributed by atoms with E-state index < -0.39 is 39.5 Å². The molecule has 3 N–H and O–H groups in total. The molecule has 2 aromatic carbocycles. The third-order valence-electron chi connectivity index (χ3n) is 12.0. The fourth-order valence-corrected chi connectivity index (χ4v) is 9.77. The molecule has 3 fully saturated rings. The average Bonchev–Trinajstić information content (AvgIpc) is 3.58. The number of hydrogen-bond donors (Lipinski definition) is 3. The van der Waals surface area contributed by atoms with Gasteiger partial charge in [-0.25, -0.2) is 18.4 Å². The van der Waals surface area contributed by atoms with E-state index in [4.69, 9.17) is 0 Å². The van der Waals surface area contributed by atoms with Crippen molar-refractivity contribution < 1.29 is 36.0 Å². The Morgan fingerprint density at radius 1 is 0.952 bits per heavy atom. The molecule has 3 saturated heterocycles. The van der Waals surface area contributed by atoms with Crippen LogP contribution in [-0.4, -0.2) is 125 Å². The normalized spacial score (nSPS) is 19.3. The van der Waals surface area contributed by atoms with Crippen molar-refractivity contribution in [2.45, 2.75) is 63.6 Å². The molecule has 63 heavy (non-hydrogen) atoms. The first-order chi connectivity index (χ1) is 30.0. The summed E-state index contributed by atoms with van der Waals surface area (Å²) in [6.45, 7) is 6.26. The van der Waals surface area contributed by atoms with Crippen LogP contribution in [0.2, 0.25) is 0 Å². The molecule has 22 heteroatoms. The molecule has 4 aliphatic rings. The molecular weight excluding hydrogens is 909 g/mol. The van der Waals surface area contributed by atoms with Gasteiger partial charge in [-0.15, -0.1) is 0 Å². The van der Waals surface area contributed by atoms with Gasteiger partial charge < -0.3 is 20.4 Å². The molecule has 0 saturated carbocycles. The molecule has 2 aromatic heterocycles. The zero-order chi connectivity index (χ0) is 44.6. The predicted molar refractivity (Wildman–Crippen MR) is 232 cm³/mol. The quantitative estimate of drug-likeness (QED) is 0.170. The van der Waals surface area contributed by atoms with Crippen molar-refractivity contribution in [3.05, 3.63) is 87.4 Å². The lowest BCUT2D eigenvalue weighted by atomic mass is 10.0. The van der Waals surface area contributed by atoms with Gasteiger partial charge in [-0.2, -0.15) is 18.2 Å². The summed E-state index contributed by atoms with van der Waals surface area (Å²) in [4.78, 5) is 62.6. The number of fused-ring (bicyclic) bond motifs is 1. The summed E-state index contributed by atoms with van der Waals surface area (Å²) in [5.74, 6) is -1.53. The molecule has 334 valence electrons. The Morgan fingerprint density at radius 3 is 2.35 bits per heavy atom. The highest BCUT2D eigenvalue weighted by molar-refractivity contribution is 9.10. The molecule has 0 bridgehead atoms. The van der Waals surface area contributed by atoms with Gasteiger partial charge in [-0.1, -0.05) is 6.07 Å².